The SMILES string of the molecule is CC(O)C(NS(=O)(=O)c1ccc(Cl)cc1)C(=O)OCC(=O)NC(=O)NC(C)(C)C. The fourth-order valence-electron chi connectivity index (χ4n) is 1.95. The molecule has 0 aromatic heterocycles. The highest BCUT2D eigenvalue weighted by Crippen LogP contribution is 2.15. The first-order valence-electron chi connectivity index (χ1n) is 8.46. The summed E-state index contributed by atoms with van der Waals surface area (Å²) in [5.74, 6) is -2.12. The Hall–Kier alpha value is -2.21. The van der Waals surface area contributed by atoms with Gasteiger partial charge in [0, 0.05) is 10.6 Å². The number of carbonyl (C=O) groups excluding carboxylic acids is 3. The highest BCUT2D eigenvalue weighted by Gasteiger charge is 2.31. The molecule has 0 aliphatic heterocycles. The van der Waals surface area contributed by atoms with Crippen molar-refractivity contribution in [3.8, 4) is 0 Å². The zero-order chi connectivity index (χ0) is 22.4. The van der Waals surface area contributed by atoms with Gasteiger partial charge in [-0.3, -0.25) is 14.9 Å². The van der Waals surface area contributed by atoms with Gasteiger partial charge >= 0.3 is 12.0 Å². The molecule has 0 spiro atoms. The Balaban J connectivity index is 2.72. The Morgan fingerprint density at radius 3 is 2.21 bits per heavy atom. The molecule has 0 heterocycles. The van der Waals surface area contributed by atoms with E-state index in [0.29, 0.717) is 5.02 Å². The average molecular weight is 450 g/mol. The predicted molar refractivity (Wildman–Crippen MR) is 105 cm³/mol. The smallest absolute Gasteiger partial charge is 0.327 e. The number of sulfonamides is 1. The molecule has 12 heteroatoms. The zero-order valence-corrected chi connectivity index (χ0v) is 17.9. The van der Waals surface area contributed by atoms with E-state index < -0.39 is 52.2 Å². The van der Waals surface area contributed by atoms with E-state index >= 15 is 0 Å². The number of ether oxygens (including phenoxy) is 1. The van der Waals surface area contributed by atoms with Crippen molar-refractivity contribution >= 4 is 39.5 Å². The standard InChI is InChI=1S/C17H24ClN3O7S/c1-10(22)14(21-29(26,27)12-7-5-11(18)6-8-12)15(24)28-9-13(23)19-16(25)20-17(2,3)4/h5-8,10,14,21-22H,9H2,1-4H3,(H2,19,20,23,25). The van der Waals surface area contributed by atoms with E-state index in [9.17, 15) is 27.9 Å². The van der Waals surface area contributed by atoms with E-state index in [2.05, 4.69) is 5.32 Å². The van der Waals surface area contributed by atoms with Crippen LogP contribution < -0.4 is 15.4 Å². The van der Waals surface area contributed by atoms with Gasteiger partial charge in [0.2, 0.25) is 10.0 Å². The largest absolute Gasteiger partial charge is 0.454 e. The molecule has 0 radical (unpaired) electrons. The summed E-state index contributed by atoms with van der Waals surface area (Å²) in [5.41, 5.74) is -0.585. The molecule has 162 valence electrons. The van der Waals surface area contributed by atoms with Crippen LogP contribution in [0.5, 0.6) is 0 Å². The molecule has 3 amide bonds. The third-order valence-electron chi connectivity index (χ3n) is 3.23. The number of amides is 3. The molecule has 2 atom stereocenters. The lowest BCUT2D eigenvalue weighted by molar-refractivity contribution is -0.152. The van der Waals surface area contributed by atoms with E-state index in [0.717, 1.165) is 0 Å². The number of imide groups is 1. The van der Waals surface area contributed by atoms with Gasteiger partial charge in [-0.15, -0.1) is 0 Å². The van der Waals surface area contributed by atoms with Crippen LogP contribution in [0.3, 0.4) is 0 Å². The molecule has 0 aliphatic carbocycles. The summed E-state index contributed by atoms with van der Waals surface area (Å²) in [4.78, 5) is 35.3. The Labute approximate surface area is 174 Å². The van der Waals surface area contributed by atoms with E-state index in [-0.39, 0.29) is 4.90 Å². The first-order chi connectivity index (χ1) is 13.2. The molecule has 29 heavy (non-hydrogen) atoms. The van der Waals surface area contributed by atoms with Gasteiger partial charge in [-0.25, -0.2) is 13.2 Å². The summed E-state index contributed by atoms with van der Waals surface area (Å²) in [5, 5.41) is 14.5. The van der Waals surface area contributed by atoms with Crippen molar-refractivity contribution in [1.29, 1.82) is 0 Å². The molecule has 0 bridgehead atoms. The van der Waals surface area contributed by atoms with Crippen LogP contribution in [-0.4, -0.2) is 55.7 Å². The number of hydrogen-bond acceptors (Lipinski definition) is 7. The van der Waals surface area contributed by atoms with Crippen LogP contribution in [0.2, 0.25) is 5.02 Å². The highest BCUT2D eigenvalue weighted by atomic mass is 35.5. The minimum absolute atomic E-state index is 0.183. The van der Waals surface area contributed by atoms with Gasteiger partial charge in [0.15, 0.2) is 6.61 Å². The van der Waals surface area contributed by atoms with Crippen LogP contribution in [0.1, 0.15) is 27.7 Å². The second kappa shape index (κ2) is 10.0. The lowest BCUT2D eigenvalue weighted by Gasteiger charge is -2.21. The molecule has 1 aromatic rings. The van der Waals surface area contributed by atoms with Crippen molar-refractivity contribution in [3.63, 3.8) is 0 Å². The number of nitrogens with one attached hydrogen (secondary N) is 3. The van der Waals surface area contributed by atoms with Crippen molar-refractivity contribution in [2.75, 3.05) is 6.61 Å². The quantitative estimate of drug-likeness (QED) is 0.443. The van der Waals surface area contributed by atoms with Gasteiger partial charge < -0.3 is 15.2 Å². The lowest BCUT2D eigenvalue weighted by Crippen LogP contribution is -2.51. The summed E-state index contributed by atoms with van der Waals surface area (Å²) in [6.45, 7) is 5.45. The maximum Gasteiger partial charge on any atom is 0.327 e. The molecule has 2 unspecified atom stereocenters. The predicted octanol–water partition coefficient (Wildman–Crippen LogP) is 0.535. The monoisotopic (exact) mass is 449 g/mol. The number of hydrogen-bond donors (Lipinski definition) is 4. The fourth-order valence-corrected chi connectivity index (χ4v) is 3.34. The van der Waals surface area contributed by atoms with E-state index in [4.69, 9.17) is 16.3 Å². The third kappa shape index (κ3) is 8.77. The molecule has 0 saturated carbocycles. The van der Waals surface area contributed by atoms with E-state index in [1.165, 1.54) is 31.2 Å². The second-order valence-electron chi connectivity index (χ2n) is 7.15. The summed E-state index contributed by atoms with van der Waals surface area (Å²) < 4.78 is 31.5. The molecular formula is C17H24ClN3O7S. The number of carbonyl (C=O) groups is 3. The minimum atomic E-state index is -4.18. The van der Waals surface area contributed by atoms with Crippen molar-refractivity contribution in [2.24, 2.45) is 0 Å². The molecule has 10 nitrogen and oxygen atoms in total. The first kappa shape index (κ1) is 24.8. The Morgan fingerprint density at radius 1 is 1.17 bits per heavy atom. The number of urea groups is 1. The van der Waals surface area contributed by atoms with Crippen molar-refractivity contribution in [1.82, 2.24) is 15.4 Å². The molecule has 4 N–H and O–H groups in total. The van der Waals surface area contributed by atoms with Gasteiger partial charge in [0.05, 0.1) is 11.0 Å². The van der Waals surface area contributed by atoms with Gasteiger partial charge in [-0.2, -0.15) is 4.72 Å². The number of aliphatic hydroxyl groups is 1. The maximum atomic E-state index is 12.4. The van der Waals surface area contributed by atoms with E-state index in [1.807, 2.05) is 10.0 Å². The summed E-state index contributed by atoms with van der Waals surface area (Å²) in [7, 11) is -4.18. The molecule has 1 aromatic carbocycles. The van der Waals surface area contributed by atoms with Crippen molar-refractivity contribution < 1.29 is 32.6 Å². The summed E-state index contributed by atoms with van der Waals surface area (Å²) in [6.07, 6.45) is -1.46. The third-order valence-corrected chi connectivity index (χ3v) is 4.94. The van der Waals surface area contributed by atoms with Gasteiger partial charge in [-0.05, 0) is 52.0 Å². The molecule has 0 saturated heterocycles. The van der Waals surface area contributed by atoms with Crippen molar-refractivity contribution in [2.45, 2.75) is 50.3 Å². The zero-order valence-electron chi connectivity index (χ0n) is 16.4. The van der Waals surface area contributed by atoms with Crippen LogP contribution in [0.15, 0.2) is 29.2 Å². The molecule has 0 fully saturated rings. The average Bonchev–Trinajstić information content (AvgIpc) is 2.56. The number of esters is 1. The van der Waals surface area contributed by atoms with Crippen LogP contribution in [0, 0.1) is 0 Å². The Kier molecular flexibility index (Phi) is 8.57. The Morgan fingerprint density at radius 2 is 1.72 bits per heavy atom. The number of halogens is 1. The first-order valence-corrected chi connectivity index (χ1v) is 10.3. The minimum Gasteiger partial charge on any atom is -0.454 e. The normalized spacial score (nSPS) is 13.9. The fraction of sp³-hybridized carbons (Fsp3) is 0.471. The lowest BCUT2D eigenvalue weighted by atomic mass is 10.1. The Bertz CT molecular complexity index is 849. The van der Waals surface area contributed by atoms with Crippen LogP contribution in [0.4, 0.5) is 4.79 Å². The summed E-state index contributed by atoms with van der Waals surface area (Å²) in [6, 6.07) is 2.67. The molecule has 0 aliphatic rings. The number of benzene rings is 1. The number of rotatable bonds is 7. The highest BCUT2D eigenvalue weighted by molar-refractivity contribution is 7.89. The maximum absolute atomic E-state index is 12.4. The van der Waals surface area contributed by atoms with Crippen LogP contribution in [-0.2, 0) is 24.3 Å². The topological polar surface area (TPSA) is 151 Å². The van der Waals surface area contributed by atoms with Gasteiger partial charge in [0.1, 0.15) is 6.04 Å². The van der Waals surface area contributed by atoms with E-state index in [1.54, 1.807) is 20.8 Å². The van der Waals surface area contributed by atoms with Crippen LogP contribution >= 0.6 is 11.6 Å². The molecule has 1 rings (SSSR count). The number of aliphatic hydroxyl groups excluding tert-OH is 1. The van der Waals surface area contributed by atoms with Gasteiger partial charge in [-0.1, -0.05) is 11.6 Å². The van der Waals surface area contributed by atoms with Crippen molar-refractivity contribution in [3.05, 3.63) is 29.3 Å². The van der Waals surface area contributed by atoms with Gasteiger partial charge in [0.25, 0.3) is 5.91 Å². The summed E-state index contributed by atoms with van der Waals surface area (Å²) >= 11 is 5.71. The molecular weight excluding hydrogens is 426 g/mol. The van der Waals surface area contributed by atoms with Crippen LogP contribution in [0.25, 0.3) is 0 Å². The second-order valence-corrected chi connectivity index (χ2v) is 9.30.